The van der Waals surface area contributed by atoms with Gasteiger partial charge in [0.2, 0.25) is 0 Å². The zero-order valence-corrected chi connectivity index (χ0v) is 11.8. The summed E-state index contributed by atoms with van der Waals surface area (Å²) >= 11 is 0. The zero-order valence-electron chi connectivity index (χ0n) is 11.8. The molecule has 108 valence electrons. The van der Waals surface area contributed by atoms with Crippen molar-refractivity contribution in [1.29, 1.82) is 0 Å². The van der Waals surface area contributed by atoms with E-state index in [0.717, 1.165) is 11.1 Å². The number of aromatic amines is 1. The molecule has 1 aromatic heterocycles. The molecule has 0 saturated heterocycles. The smallest absolute Gasteiger partial charge is 0.244 e. The van der Waals surface area contributed by atoms with Crippen LogP contribution >= 0.6 is 0 Å². The molecule has 5 nitrogen and oxygen atoms in total. The average molecular weight is 290 g/mol. The first-order valence-corrected chi connectivity index (χ1v) is 6.83. The minimum atomic E-state index is -0.372. The van der Waals surface area contributed by atoms with Gasteiger partial charge in [0.1, 0.15) is 0 Å². The normalized spacial score (nSPS) is 11.5. The van der Waals surface area contributed by atoms with E-state index in [1.54, 1.807) is 12.3 Å². The lowest BCUT2D eigenvalue weighted by Gasteiger charge is -1.98. The Kier molecular flexibility index (Phi) is 4.06. The van der Waals surface area contributed by atoms with Crippen LogP contribution in [0.25, 0.3) is 17.5 Å². The molecule has 1 N–H and O–H groups in total. The maximum atomic E-state index is 11.8. The van der Waals surface area contributed by atoms with Crippen LogP contribution in [-0.2, 0) is 0 Å². The van der Waals surface area contributed by atoms with Crippen LogP contribution in [0.4, 0.5) is 0 Å². The summed E-state index contributed by atoms with van der Waals surface area (Å²) in [7, 11) is 0. The lowest BCUT2D eigenvalue weighted by Crippen LogP contribution is -2.13. The highest BCUT2D eigenvalue weighted by Crippen LogP contribution is 2.13. The predicted octanol–water partition coefficient (Wildman–Crippen LogP) is 2.79. The molecule has 22 heavy (non-hydrogen) atoms. The molecule has 0 aliphatic carbocycles. The van der Waals surface area contributed by atoms with Crippen molar-refractivity contribution < 1.29 is 0 Å². The third kappa shape index (κ3) is 3.09. The van der Waals surface area contributed by atoms with Gasteiger partial charge >= 0.3 is 5.69 Å². The van der Waals surface area contributed by atoms with Gasteiger partial charge in [-0.2, -0.15) is 14.9 Å². The Morgan fingerprint density at radius 2 is 1.68 bits per heavy atom. The Morgan fingerprint density at radius 3 is 2.41 bits per heavy atom. The molecule has 1 heterocycles. The predicted molar refractivity (Wildman–Crippen MR) is 87.6 cm³/mol. The molecule has 0 fully saturated rings. The van der Waals surface area contributed by atoms with Crippen molar-refractivity contribution in [2.45, 2.75) is 0 Å². The second-order valence-electron chi connectivity index (χ2n) is 4.56. The Labute approximate surface area is 127 Å². The number of rotatable bonds is 4. The van der Waals surface area contributed by atoms with E-state index in [9.17, 15) is 4.79 Å². The van der Waals surface area contributed by atoms with Gasteiger partial charge in [0.05, 0.1) is 0 Å². The second-order valence-corrected chi connectivity index (χ2v) is 4.56. The van der Waals surface area contributed by atoms with Crippen LogP contribution in [0, 0.1) is 0 Å². The SMILES string of the molecule is O=c1[nH]nc(-c2ccccc2)n1/N=C/C=C/c1ccccc1. The van der Waals surface area contributed by atoms with Crippen LogP contribution in [0.15, 0.2) is 76.6 Å². The Balaban J connectivity index is 1.84. The van der Waals surface area contributed by atoms with Gasteiger partial charge in [0.25, 0.3) is 0 Å². The topological polar surface area (TPSA) is 63.0 Å². The summed E-state index contributed by atoms with van der Waals surface area (Å²) in [6.07, 6.45) is 5.26. The number of hydrogen-bond acceptors (Lipinski definition) is 3. The Bertz CT molecular complexity index is 845. The van der Waals surface area contributed by atoms with Crippen molar-refractivity contribution >= 4 is 12.3 Å². The monoisotopic (exact) mass is 290 g/mol. The quantitative estimate of drug-likeness (QED) is 0.751. The standard InChI is InChI=1S/C17H14N4O/c22-17-20-19-16(15-11-5-2-6-12-15)21(17)18-13-7-10-14-8-3-1-4-9-14/h1-13H,(H,20,22)/b10-7+,18-13+. The van der Waals surface area contributed by atoms with Crippen molar-refractivity contribution in [3.8, 4) is 11.4 Å². The number of aromatic nitrogens is 3. The Hall–Kier alpha value is -3.21. The fourth-order valence-corrected chi connectivity index (χ4v) is 2.00. The maximum Gasteiger partial charge on any atom is 0.364 e. The van der Waals surface area contributed by atoms with Crippen LogP contribution in [0.1, 0.15) is 5.56 Å². The van der Waals surface area contributed by atoms with Crippen molar-refractivity contribution in [2.75, 3.05) is 0 Å². The summed E-state index contributed by atoms with van der Waals surface area (Å²) in [5.41, 5.74) is 1.52. The molecule has 2 aromatic carbocycles. The number of nitrogens with zero attached hydrogens (tertiary/aromatic N) is 3. The van der Waals surface area contributed by atoms with E-state index < -0.39 is 0 Å². The Morgan fingerprint density at radius 1 is 1.00 bits per heavy atom. The molecule has 3 aromatic rings. The first-order chi connectivity index (χ1) is 10.8. The summed E-state index contributed by atoms with van der Waals surface area (Å²) in [5, 5.41) is 10.6. The van der Waals surface area contributed by atoms with Gasteiger partial charge in [0.15, 0.2) is 5.82 Å². The third-order valence-electron chi connectivity index (χ3n) is 3.04. The van der Waals surface area contributed by atoms with E-state index in [4.69, 9.17) is 0 Å². The molecule has 0 bridgehead atoms. The van der Waals surface area contributed by atoms with Crippen molar-refractivity contribution in [2.24, 2.45) is 5.10 Å². The summed E-state index contributed by atoms with van der Waals surface area (Å²) in [6.45, 7) is 0. The number of H-pyrrole nitrogens is 1. The highest BCUT2D eigenvalue weighted by Gasteiger charge is 2.08. The van der Waals surface area contributed by atoms with E-state index in [-0.39, 0.29) is 5.69 Å². The van der Waals surface area contributed by atoms with Crippen molar-refractivity contribution in [3.63, 3.8) is 0 Å². The van der Waals surface area contributed by atoms with Gasteiger partial charge in [-0.15, -0.1) is 0 Å². The summed E-state index contributed by atoms with van der Waals surface area (Å²) in [4.78, 5) is 11.8. The third-order valence-corrected chi connectivity index (χ3v) is 3.04. The lowest BCUT2D eigenvalue weighted by atomic mass is 10.2. The second kappa shape index (κ2) is 6.49. The minimum Gasteiger partial charge on any atom is -0.244 e. The lowest BCUT2D eigenvalue weighted by molar-refractivity contribution is 0.843. The fourth-order valence-electron chi connectivity index (χ4n) is 2.00. The van der Waals surface area contributed by atoms with Crippen LogP contribution < -0.4 is 5.69 Å². The zero-order chi connectivity index (χ0) is 15.2. The molecule has 5 heteroatoms. The van der Waals surface area contributed by atoms with Crippen LogP contribution in [0.5, 0.6) is 0 Å². The van der Waals surface area contributed by atoms with Crippen molar-refractivity contribution in [3.05, 3.63) is 82.8 Å². The van der Waals surface area contributed by atoms with Gasteiger partial charge < -0.3 is 0 Å². The molecule has 0 aliphatic rings. The number of nitrogens with one attached hydrogen (secondary N) is 1. The number of hydrogen-bond donors (Lipinski definition) is 1. The molecule has 0 saturated carbocycles. The van der Waals surface area contributed by atoms with Gasteiger partial charge in [-0.1, -0.05) is 66.7 Å². The first kappa shape index (κ1) is 13.8. The van der Waals surface area contributed by atoms with Crippen LogP contribution in [0.2, 0.25) is 0 Å². The van der Waals surface area contributed by atoms with Gasteiger partial charge in [-0.25, -0.2) is 9.89 Å². The summed E-state index contributed by atoms with van der Waals surface area (Å²) < 4.78 is 1.24. The van der Waals surface area contributed by atoms with E-state index in [0.29, 0.717) is 5.82 Å². The first-order valence-electron chi connectivity index (χ1n) is 6.83. The van der Waals surface area contributed by atoms with Gasteiger partial charge in [-0.05, 0) is 11.6 Å². The minimum absolute atomic E-state index is 0.372. The fraction of sp³-hybridized carbons (Fsp3) is 0. The van der Waals surface area contributed by atoms with Gasteiger partial charge in [0, 0.05) is 11.8 Å². The molecule has 0 unspecified atom stereocenters. The molecule has 0 amide bonds. The molecule has 0 aliphatic heterocycles. The van der Waals surface area contributed by atoms with E-state index in [1.807, 2.05) is 66.7 Å². The molecule has 3 rings (SSSR count). The highest BCUT2D eigenvalue weighted by molar-refractivity contribution is 5.78. The molecular weight excluding hydrogens is 276 g/mol. The average Bonchev–Trinajstić information content (AvgIpc) is 2.94. The summed E-state index contributed by atoms with van der Waals surface area (Å²) in [6, 6.07) is 19.3. The number of allylic oxidation sites excluding steroid dienone is 1. The largest absolute Gasteiger partial charge is 0.364 e. The van der Waals surface area contributed by atoms with Crippen LogP contribution in [0.3, 0.4) is 0 Å². The van der Waals surface area contributed by atoms with Crippen LogP contribution in [-0.4, -0.2) is 21.1 Å². The summed E-state index contributed by atoms with van der Waals surface area (Å²) in [5.74, 6) is 0.481. The van der Waals surface area contributed by atoms with Crippen molar-refractivity contribution in [1.82, 2.24) is 14.9 Å². The van der Waals surface area contributed by atoms with E-state index >= 15 is 0 Å². The molecular formula is C17H14N4O. The molecule has 0 spiro atoms. The maximum absolute atomic E-state index is 11.8. The van der Waals surface area contributed by atoms with E-state index in [2.05, 4.69) is 15.3 Å². The van der Waals surface area contributed by atoms with E-state index in [1.165, 1.54) is 4.68 Å². The molecule has 0 atom stereocenters. The highest BCUT2D eigenvalue weighted by atomic mass is 16.2. The molecule has 0 radical (unpaired) electrons. The van der Waals surface area contributed by atoms with Gasteiger partial charge in [-0.3, -0.25) is 0 Å². The number of benzene rings is 2.